The fourth-order valence-electron chi connectivity index (χ4n) is 4.86. The zero-order valence-electron chi connectivity index (χ0n) is 23.3. The van der Waals surface area contributed by atoms with Crippen LogP contribution in [-0.2, 0) is 10.3 Å². The van der Waals surface area contributed by atoms with Crippen LogP contribution >= 0.6 is 11.6 Å². The third kappa shape index (κ3) is 5.27. The van der Waals surface area contributed by atoms with Gasteiger partial charge in [-0.15, -0.1) is 5.10 Å². The van der Waals surface area contributed by atoms with Crippen LogP contribution in [0.25, 0.3) is 10.9 Å². The second-order valence-electron chi connectivity index (χ2n) is 11.6. The number of nitriles is 2. The van der Waals surface area contributed by atoms with Gasteiger partial charge in [0.15, 0.2) is 0 Å². The number of hydrogen-bond donors (Lipinski definition) is 3. The standard InChI is InChI=1S/C30H30ClN9O/c1-17-18(12-32)6-5-7-21(17)27(24-15-40(39-38-24)30(8-9-30)28(34)41)37-20-10-22-25(36-16-29(2,3)4)19(13-33)14-35-26(22)23(31)11-20/h5-7,10-11,14-15,27,37H,8-9,16H2,1-4H3,(H2,34,41)(H,35,36). The Morgan fingerprint density at radius 2 is 1.95 bits per heavy atom. The van der Waals surface area contributed by atoms with E-state index in [9.17, 15) is 15.3 Å². The van der Waals surface area contributed by atoms with Gasteiger partial charge in [0, 0.05) is 23.8 Å². The molecule has 2 aromatic heterocycles. The van der Waals surface area contributed by atoms with E-state index in [0.717, 1.165) is 11.1 Å². The lowest BCUT2D eigenvalue weighted by Gasteiger charge is -2.23. The van der Waals surface area contributed by atoms with Crippen molar-refractivity contribution in [1.29, 1.82) is 10.5 Å². The number of primary amides is 1. The summed E-state index contributed by atoms with van der Waals surface area (Å²) in [6.07, 6.45) is 4.45. The van der Waals surface area contributed by atoms with E-state index < -0.39 is 17.5 Å². The summed E-state index contributed by atoms with van der Waals surface area (Å²) in [5.41, 5.74) is 9.73. The highest BCUT2D eigenvalue weighted by atomic mass is 35.5. The number of fused-ring (bicyclic) bond motifs is 1. The number of rotatable bonds is 8. The molecule has 1 atom stereocenters. The second-order valence-corrected chi connectivity index (χ2v) is 12.0. The van der Waals surface area contributed by atoms with Crippen molar-refractivity contribution in [3.8, 4) is 12.1 Å². The Morgan fingerprint density at radius 3 is 2.59 bits per heavy atom. The molecule has 4 N–H and O–H groups in total. The molecule has 1 amide bonds. The Bertz CT molecular complexity index is 1750. The molecule has 10 nitrogen and oxygen atoms in total. The SMILES string of the molecule is Cc1c(C#N)cccc1C(Nc1cc(Cl)c2ncc(C#N)c(NCC(C)(C)C)c2c1)c1cn(C2(C(N)=O)CC2)nn1. The first-order valence-electron chi connectivity index (χ1n) is 13.2. The molecule has 4 aromatic rings. The molecule has 0 aliphatic heterocycles. The van der Waals surface area contributed by atoms with Crippen LogP contribution in [0, 0.1) is 35.0 Å². The first kappa shape index (κ1) is 27.9. The van der Waals surface area contributed by atoms with Gasteiger partial charge in [-0.25, -0.2) is 4.68 Å². The number of carbonyl (C=O) groups is 1. The van der Waals surface area contributed by atoms with Crippen LogP contribution in [0.3, 0.4) is 0 Å². The largest absolute Gasteiger partial charge is 0.383 e. The van der Waals surface area contributed by atoms with Gasteiger partial charge < -0.3 is 16.4 Å². The van der Waals surface area contributed by atoms with E-state index in [0.29, 0.717) is 63.5 Å². The highest BCUT2D eigenvalue weighted by molar-refractivity contribution is 6.35. The van der Waals surface area contributed by atoms with E-state index in [1.54, 1.807) is 18.3 Å². The Kier molecular flexibility index (Phi) is 7.06. The molecule has 41 heavy (non-hydrogen) atoms. The van der Waals surface area contributed by atoms with E-state index in [2.05, 4.69) is 58.8 Å². The lowest BCUT2D eigenvalue weighted by molar-refractivity contribution is -0.122. The van der Waals surface area contributed by atoms with Crippen LogP contribution in [0.4, 0.5) is 11.4 Å². The smallest absolute Gasteiger partial charge is 0.245 e. The van der Waals surface area contributed by atoms with Crippen LogP contribution < -0.4 is 16.4 Å². The van der Waals surface area contributed by atoms with Crippen molar-refractivity contribution in [3.63, 3.8) is 0 Å². The number of anilines is 2. The summed E-state index contributed by atoms with van der Waals surface area (Å²) in [6.45, 7) is 8.83. The van der Waals surface area contributed by atoms with Crippen molar-refractivity contribution >= 4 is 39.8 Å². The van der Waals surface area contributed by atoms with Crippen molar-refractivity contribution in [2.24, 2.45) is 11.1 Å². The summed E-state index contributed by atoms with van der Waals surface area (Å²) in [6, 6.07) is 13.1. The summed E-state index contributed by atoms with van der Waals surface area (Å²) in [5.74, 6) is -0.446. The summed E-state index contributed by atoms with van der Waals surface area (Å²) in [7, 11) is 0. The Hall–Kier alpha value is -4.67. The molecule has 0 radical (unpaired) electrons. The highest BCUT2D eigenvalue weighted by Gasteiger charge is 2.52. The quantitative estimate of drug-likeness (QED) is 0.263. The first-order chi connectivity index (χ1) is 19.5. The third-order valence-corrected chi connectivity index (χ3v) is 7.67. The van der Waals surface area contributed by atoms with Crippen LogP contribution in [0.2, 0.25) is 5.02 Å². The van der Waals surface area contributed by atoms with Crippen LogP contribution in [0.5, 0.6) is 0 Å². The van der Waals surface area contributed by atoms with Gasteiger partial charge in [0.05, 0.1) is 45.7 Å². The zero-order valence-corrected chi connectivity index (χ0v) is 24.0. The lowest BCUT2D eigenvalue weighted by atomic mass is 9.95. The molecule has 0 saturated heterocycles. The fourth-order valence-corrected chi connectivity index (χ4v) is 5.13. The summed E-state index contributed by atoms with van der Waals surface area (Å²) in [5, 5.41) is 36.3. The number of nitrogens with zero attached hydrogens (tertiary/aromatic N) is 6. The van der Waals surface area contributed by atoms with Crippen molar-refractivity contribution in [1.82, 2.24) is 20.0 Å². The molecule has 5 rings (SSSR count). The number of carbonyl (C=O) groups excluding carboxylic acids is 1. The molecule has 1 fully saturated rings. The zero-order chi connectivity index (χ0) is 29.5. The van der Waals surface area contributed by atoms with Crippen LogP contribution in [0.15, 0.2) is 42.7 Å². The van der Waals surface area contributed by atoms with E-state index in [1.165, 1.54) is 10.9 Å². The number of amides is 1. The van der Waals surface area contributed by atoms with Gasteiger partial charge in [-0.2, -0.15) is 10.5 Å². The molecule has 1 aliphatic rings. The van der Waals surface area contributed by atoms with Crippen molar-refractivity contribution in [2.45, 2.75) is 52.1 Å². The average molecular weight is 568 g/mol. The molecule has 2 aromatic carbocycles. The predicted octanol–water partition coefficient (Wildman–Crippen LogP) is 5.17. The molecule has 0 spiro atoms. The Morgan fingerprint density at radius 1 is 1.22 bits per heavy atom. The number of aromatic nitrogens is 4. The highest BCUT2D eigenvalue weighted by Crippen LogP contribution is 2.43. The predicted molar refractivity (Wildman–Crippen MR) is 157 cm³/mol. The molecular formula is C30H30ClN9O. The summed E-state index contributed by atoms with van der Waals surface area (Å²) < 4.78 is 1.54. The normalized spacial score (nSPS) is 14.6. The number of hydrogen-bond acceptors (Lipinski definition) is 8. The van der Waals surface area contributed by atoms with E-state index in [-0.39, 0.29) is 5.41 Å². The molecule has 11 heteroatoms. The van der Waals surface area contributed by atoms with Crippen molar-refractivity contribution in [2.75, 3.05) is 17.2 Å². The summed E-state index contributed by atoms with van der Waals surface area (Å²) in [4.78, 5) is 16.6. The molecule has 1 saturated carbocycles. The number of nitrogens with two attached hydrogens (primary N) is 1. The first-order valence-corrected chi connectivity index (χ1v) is 13.6. The molecule has 2 heterocycles. The summed E-state index contributed by atoms with van der Waals surface area (Å²) >= 11 is 6.74. The van der Waals surface area contributed by atoms with Gasteiger partial charge in [-0.05, 0) is 54.5 Å². The topological polar surface area (TPSA) is 158 Å². The Labute approximate surface area is 243 Å². The monoisotopic (exact) mass is 567 g/mol. The van der Waals surface area contributed by atoms with Crippen LogP contribution in [-0.4, -0.2) is 32.4 Å². The average Bonchev–Trinajstić information content (AvgIpc) is 3.60. The molecule has 1 aliphatic carbocycles. The van der Waals surface area contributed by atoms with E-state index in [1.807, 2.05) is 25.1 Å². The number of pyridine rings is 1. The maximum Gasteiger partial charge on any atom is 0.245 e. The van der Waals surface area contributed by atoms with Gasteiger partial charge in [0.1, 0.15) is 17.3 Å². The lowest BCUT2D eigenvalue weighted by Crippen LogP contribution is -2.34. The maximum atomic E-state index is 12.2. The van der Waals surface area contributed by atoms with Gasteiger partial charge >= 0.3 is 0 Å². The van der Waals surface area contributed by atoms with Gasteiger partial charge in [-0.3, -0.25) is 9.78 Å². The second kappa shape index (κ2) is 10.4. The minimum absolute atomic E-state index is 0.0357. The van der Waals surface area contributed by atoms with E-state index in [4.69, 9.17) is 17.3 Å². The van der Waals surface area contributed by atoms with Crippen LogP contribution in [0.1, 0.15) is 67.6 Å². The molecule has 208 valence electrons. The Balaban J connectivity index is 1.63. The molecular weight excluding hydrogens is 538 g/mol. The number of halogens is 1. The third-order valence-electron chi connectivity index (χ3n) is 7.39. The van der Waals surface area contributed by atoms with Crippen molar-refractivity contribution in [3.05, 3.63) is 75.7 Å². The number of nitrogens with one attached hydrogen (secondary N) is 2. The minimum atomic E-state index is -0.863. The van der Waals surface area contributed by atoms with E-state index >= 15 is 0 Å². The van der Waals surface area contributed by atoms with Crippen molar-refractivity contribution < 1.29 is 4.79 Å². The van der Waals surface area contributed by atoms with Gasteiger partial charge in [0.2, 0.25) is 5.91 Å². The molecule has 1 unspecified atom stereocenters. The minimum Gasteiger partial charge on any atom is -0.383 e. The molecule has 0 bridgehead atoms. The fraction of sp³-hybridized carbons (Fsp3) is 0.333. The number of benzene rings is 2. The van der Waals surface area contributed by atoms with Gasteiger partial charge in [-0.1, -0.05) is 49.7 Å². The maximum absolute atomic E-state index is 12.2. The van der Waals surface area contributed by atoms with Gasteiger partial charge in [0.25, 0.3) is 0 Å².